The number of nitrogens with two attached hydrogens (primary N) is 1. The van der Waals surface area contributed by atoms with Gasteiger partial charge in [-0.05, 0) is 18.9 Å². The summed E-state index contributed by atoms with van der Waals surface area (Å²) in [4.78, 5) is 16.4. The highest BCUT2D eigenvalue weighted by Crippen LogP contribution is 2.29. The second-order valence-electron chi connectivity index (χ2n) is 5.16. The molecule has 1 aromatic rings. The number of hydrogen-bond donors (Lipinski definition) is 3. The molecule has 7 nitrogen and oxygen atoms in total. The highest BCUT2D eigenvalue weighted by Gasteiger charge is 2.38. The predicted octanol–water partition coefficient (Wildman–Crippen LogP) is 1.27. The number of rotatable bonds is 4. The van der Waals surface area contributed by atoms with E-state index < -0.39 is 5.54 Å². The Morgan fingerprint density at radius 2 is 2.19 bits per heavy atom. The van der Waals surface area contributed by atoms with Crippen LogP contribution in [-0.4, -0.2) is 34.6 Å². The summed E-state index contributed by atoms with van der Waals surface area (Å²) in [6, 6.07) is 1.58. The number of nitrogens with zero attached hydrogens (tertiary/aromatic N) is 2. The SMILES string of the molecule is COc1cnccc1C(=O)NC1(/C(N)=N/O)CCCCC1. The van der Waals surface area contributed by atoms with Crippen LogP contribution in [0.4, 0.5) is 0 Å². The Morgan fingerprint density at radius 3 is 2.81 bits per heavy atom. The van der Waals surface area contributed by atoms with Crippen LogP contribution in [-0.2, 0) is 0 Å². The summed E-state index contributed by atoms with van der Waals surface area (Å²) in [7, 11) is 1.48. The number of carbonyl (C=O) groups is 1. The van der Waals surface area contributed by atoms with Gasteiger partial charge in [-0.2, -0.15) is 0 Å². The maximum atomic E-state index is 12.5. The van der Waals surface area contributed by atoms with E-state index in [4.69, 9.17) is 15.7 Å². The Bertz CT molecular complexity index is 539. The molecule has 1 aliphatic carbocycles. The third kappa shape index (κ3) is 3.07. The molecule has 4 N–H and O–H groups in total. The predicted molar refractivity (Wildman–Crippen MR) is 77.5 cm³/mol. The monoisotopic (exact) mass is 292 g/mol. The van der Waals surface area contributed by atoms with Gasteiger partial charge in [0.05, 0.1) is 18.9 Å². The zero-order valence-corrected chi connectivity index (χ0v) is 12.0. The van der Waals surface area contributed by atoms with Crippen molar-refractivity contribution in [2.75, 3.05) is 7.11 Å². The van der Waals surface area contributed by atoms with E-state index in [0.29, 0.717) is 24.2 Å². The van der Waals surface area contributed by atoms with E-state index in [2.05, 4.69) is 15.5 Å². The number of oxime groups is 1. The van der Waals surface area contributed by atoms with Gasteiger partial charge in [0, 0.05) is 6.20 Å². The fourth-order valence-corrected chi connectivity index (χ4v) is 2.71. The molecule has 0 unspecified atom stereocenters. The molecule has 0 aromatic carbocycles. The lowest BCUT2D eigenvalue weighted by molar-refractivity contribution is 0.0902. The molecule has 0 atom stereocenters. The van der Waals surface area contributed by atoms with E-state index in [1.165, 1.54) is 19.5 Å². The van der Waals surface area contributed by atoms with Crippen molar-refractivity contribution in [2.24, 2.45) is 10.9 Å². The maximum absolute atomic E-state index is 12.5. The molecule has 0 aliphatic heterocycles. The number of hydrogen-bond acceptors (Lipinski definition) is 5. The number of methoxy groups -OCH3 is 1. The van der Waals surface area contributed by atoms with E-state index in [9.17, 15) is 4.79 Å². The van der Waals surface area contributed by atoms with Crippen LogP contribution < -0.4 is 15.8 Å². The van der Waals surface area contributed by atoms with Crippen LogP contribution in [0.3, 0.4) is 0 Å². The van der Waals surface area contributed by atoms with Gasteiger partial charge in [-0.25, -0.2) is 0 Å². The van der Waals surface area contributed by atoms with E-state index in [1.54, 1.807) is 6.07 Å². The first-order valence-corrected chi connectivity index (χ1v) is 6.91. The van der Waals surface area contributed by atoms with E-state index in [0.717, 1.165) is 19.3 Å². The average molecular weight is 292 g/mol. The van der Waals surface area contributed by atoms with Gasteiger partial charge in [-0.15, -0.1) is 0 Å². The number of ether oxygens (including phenoxy) is 1. The molecule has 0 saturated heterocycles. The minimum absolute atomic E-state index is 0.0450. The fourth-order valence-electron chi connectivity index (χ4n) is 2.71. The van der Waals surface area contributed by atoms with Crippen molar-refractivity contribution >= 4 is 11.7 Å². The van der Waals surface area contributed by atoms with Crippen molar-refractivity contribution in [3.05, 3.63) is 24.0 Å². The summed E-state index contributed by atoms with van der Waals surface area (Å²) >= 11 is 0. The first kappa shape index (κ1) is 15.1. The molecule has 21 heavy (non-hydrogen) atoms. The number of amides is 1. The Hall–Kier alpha value is -2.31. The zero-order valence-electron chi connectivity index (χ0n) is 12.0. The van der Waals surface area contributed by atoms with Crippen LogP contribution in [0.5, 0.6) is 5.75 Å². The molecule has 1 amide bonds. The quantitative estimate of drug-likeness (QED) is 0.335. The van der Waals surface area contributed by atoms with E-state index in [-0.39, 0.29) is 11.7 Å². The molecule has 114 valence electrons. The number of carbonyl (C=O) groups excluding carboxylic acids is 1. The highest BCUT2D eigenvalue weighted by molar-refractivity contribution is 6.01. The smallest absolute Gasteiger partial charge is 0.255 e. The summed E-state index contributed by atoms with van der Waals surface area (Å²) in [6.45, 7) is 0. The van der Waals surface area contributed by atoms with Gasteiger partial charge in [0.2, 0.25) is 0 Å². The molecule has 1 heterocycles. The zero-order chi connectivity index (χ0) is 15.3. The van der Waals surface area contributed by atoms with Crippen molar-refractivity contribution in [2.45, 2.75) is 37.6 Å². The van der Waals surface area contributed by atoms with Crippen molar-refractivity contribution in [3.63, 3.8) is 0 Å². The molecule has 0 spiro atoms. The van der Waals surface area contributed by atoms with Crippen LogP contribution in [0, 0.1) is 0 Å². The Kier molecular flexibility index (Phi) is 4.62. The molecule has 2 rings (SSSR count). The van der Waals surface area contributed by atoms with Crippen LogP contribution in [0.25, 0.3) is 0 Å². The first-order valence-electron chi connectivity index (χ1n) is 6.91. The van der Waals surface area contributed by atoms with Gasteiger partial charge < -0.3 is 21.0 Å². The number of pyridine rings is 1. The van der Waals surface area contributed by atoms with Crippen molar-refractivity contribution < 1.29 is 14.7 Å². The van der Waals surface area contributed by atoms with Crippen LogP contribution in [0.15, 0.2) is 23.6 Å². The average Bonchev–Trinajstić information content (AvgIpc) is 2.54. The second-order valence-corrected chi connectivity index (χ2v) is 5.16. The second kappa shape index (κ2) is 6.43. The molecular formula is C14H20N4O3. The number of aromatic nitrogens is 1. The van der Waals surface area contributed by atoms with Gasteiger partial charge in [-0.1, -0.05) is 24.4 Å². The van der Waals surface area contributed by atoms with Gasteiger partial charge in [0.25, 0.3) is 5.91 Å². The third-order valence-corrected chi connectivity index (χ3v) is 3.91. The molecule has 0 radical (unpaired) electrons. The number of nitrogens with one attached hydrogen (secondary N) is 1. The van der Waals surface area contributed by atoms with Gasteiger partial charge in [0.15, 0.2) is 5.84 Å². The maximum Gasteiger partial charge on any atom is 0.255 e. The van der Waals surface area contributed by atoms with Gasteiger partial charge >= 0.3 is 0 Å². The number of amidine groups is 1. The van der Waals surface area contributed by atoms with Gasteiger partial charge in [-0.3, -0.25) is 9.78 Å². The van der Waals surface area contributed by atoms with E-state index in [1.807, 2.05) is 0 Å². The van der Waals surface area contributed by atoms with Crippen molar-refractivity contribution in [1.82, 2.24) is 10.3 Å². The minimum Gasteiger partial charge on any atom is -0.494 e. The third-order valence-electron chi connectivity index (χ3n) is 3.91. The van der Waals surface area contributed by atoms with Crippen LogP contribution >= 0.6 is 0 Å². The minimum atomic E-state index is -0.793. The van der Waals surface area contributed by atoms with Gasteiger partial charge in [0.1, 0.15) is 11.3 Å². The Morgan fingerprint density at radius 1 is 1.48 bits per heavy atom. The van der Waals surface area contributed by atoms with E-state index >= 15 is 0 Å². The van der Waals surface area contributed by atoms with Crippen molar-refractivity contribution in [1.29, 1.82) is 0 Å². The molecule has 7 heteroatoms. The lowest BCUT2D eigenvalue weighted by Gasteiger charge is -2.36. The van der Waals surface area contributed by atoms with Crippen molar-refractivity contribution in [3.8, 4) is 5.75 Å². The lowest BCUT2D eigenvalue weighted by atomic mass is 9.80. The Balaban J connectivity index is 2.26. The van der Waals surface area contributed by atoms with Crippen LogP contribution in [0.1, 0.15) is 42.5 Å². The normalized spacial score (nSPS) is 18.0. The molecule has 1 saturated carbocycles. The summed E-state index contributed by atoms with van der Waals surface area (Å²) in [6.07, 6.45) is 7.23. The summed E-state index contributed by atoms with van der Waals surface area (Å²) < 4.78 is 5.14. The fraction of sp³-hybridized carbons (Fsp3) is 0.500. The molecule has 1 aliphatic rings. The Labute approximate surface area is 123 Å². The molecule has 1 aromatic heterocycles. The van der Waals surface area contributed by atoms with Crippen LogP contribution in [0.2, 0.25) is 0 Å². The summed E-state index contributed by atoms with van der Waals surface area (Å²) in [5.74, 6) is 0.117. The first-order chi connectivity index (χ1) is 10.1. The standard InChI is InChI=1S/C14H20N4O3/c1-21-11-9-16-8-5-10(11)12(19)17-14(13(15)18-20)6-3-2-4-7-14/h5,8-9,20H,2-4,6-7H2,1H3,(H2,15,18)(H,17,19). The molecular weight excluding hydrogens is 272 g/mol. The topological polar surface area (TPSA) is 110 Å². The highest BCUT2D eigenvalue weighted by atomic mass is 16.5. The largest absolute Gasteiger partial charge is 0.494 e. The summed E-state index contributed by atoms with van der Waals surface area (Å²) in [5.41, 5.74) is 5.41. The summed E-state index contributed by atoms with van der Waals surface area (Å²) in [5, 5.41) is 15.0. The molecule has 1 fully saturated rings. The molecule has 0 bridgehead atoms. The lowest BCUT2D eigenvalue weighted by Crippen LogP contribution is -2.58.